The number of nitrogens with one attached hydrogen (secondary N) is 1. The van der Waals surface area contributed by atoms with Crippen molar-refractivity contribution in [2.75, 3.05) is 0 Å². The van der Waals surface area contributed by atoms with Crippen LogP contribution in [0.1, 0.15) is 6.92 Å². The molecule has 0 amide bonds. The number of rotatable bonds is 3. The Balaban J connectivity index is 2.05. The van der Waals surface area contributed by atoms with Gasteiger partial charge in [0.05, 0.1) is 16.0 Å². The molecule has 0 saturated heterocycles. The molecule has 1 aromatic carbocycles. The lowest BCUT2D eigenvalue weighted by molar-refractivity contribution is -0.383. The fourth-order valence-electron chi connectivity index (χ4n) is 1.98. The first kappa shape index (κ1) is 13.3. The molecule has 0 fully saturated rings. The fourth-order valence-corrected chi connectivity index (χ4v) is 2.68. The Kier molecular flexibility index (Phi) is 3.15. The van der Waals surface area contributed by atoms with Gasteiger partial charge in [-0.05, 0) is 6.07 Å². The van der Waals surface area contributed by atoms with Gasteiger partial charge < -0.3 is 9.72 Å². The molecule has 0 spiro atoms. The molecule has 0 aliphatic carbocycles. The number of H-pyrrole nitrogens is 1. The van der Waals surface area contributed by atoms with E-state index in [2.05, 4.69) is 9.97 Å². The summed E-state index contributed by atoms with van der Waals surface area (Å²) >= 11 is 1.28. The molecule has 0 bridgehead atoms. The lowest BCUT2D eigenvalue weighted by atomic mass is 10.2. The number of nitro benzene ring substituents is 1. The Bertz CT molecular complexity index is 852. The molecule has 21 heavy (non-hydrogen) atoms. The molecule has 3 rings (SSSR count). The Morgan fingerprint density at radius 2 is 2.29 bits per heavy atom. The summed E-state index contributed by atoms with van der Waals surface area (Å²) in [6, 6.07) is 6.63. The summed E-state index contributed by atoms with van der Waals surface area (Å²) in [5.74, 6) is -0.227. The number of carbonyl (C=O) groups is 1. The number of benzene rings is 1. The van der Waals surface area contributed by atoms with Gasteiger partial charge in [-0.2, -0.15) is 4.98 Å². The highest BCUT2D eigenvalue weighted by atomic mass is 32.1. The van der Waals surface area contributed by atoms with Crippen molar-refractivity contribution >= 4 is 33.9 Å². The SMILES string of the molecule is CC(=O)Oc1csc(-c2cc3cccc([N+](=O)[O-])c3[nH]2)n1. The number of non-ortho nitro benzene ring substituents is 1. The number of nitro groups is 1. The van der Waals surface area contributed by atoms with Crippen molar-refractivity contribution in [1.29, 1.82) is 0 Å². The minimum absolute atomic E-state index is 0.00974. The molecule has 0 radical (unpaired) electrons. The van der Waals surface area contributed by atoms with Crippen LogP contribution in [0.15, 0.2) is 29.6 Å². The number of ether oxygens (including phenoxy) is 1. The molecule has 7 nitrogen and oxygen atoms in total. The number of aromatic amines is 1. The van der Waals surface area contributed by atoms with Gasteiger partial charge >= 0.3 is 5.97 Å². The standard InChI is InChI=1S/C13H9N3O4S/c1-7(17)20-11-6-21-13(15-11)9-5-8-3-2-4-10(16(18)19)12(8)14-9/h2-6,14H,1H3. The Hall–Kier alpha value is -2.74. The average molecular weight is 303 g/mol. The molecule has 2 aromatic heterocycles. The van der Waals surface area contributed by atoms with Crippen molar-refractivity contribution in [2.45, 2.75) is 6.92 Å². The van der Waals surface area contributed by atoms with Gasteiger partial charge in [-0.15, -0.1) is 11.3 Å². The van der Waals surface area contributed by atoms with Crippen LogP contribution in [0.5, 0.6) is 5.88 Å². The summed E-state index contributed by atoms with van der Waals surface area (Å²) in [6.07, 6.45) is 0. The van der Waals surface area contributed by atoms with Crippen LogP contribution >= 0.6 is 11.3 Å². The normalized spacial score (nSPS) is 10.7. The molecule has 8 heteroatoms. The molecular formula is C13H9N3O4S. The van der Waals surface area contributed by atoms with Gasteiger partial charge in [0, 0.05) is 18.4 Å². The van der Waals surface area contributed by atoms with Crippen LogP contribution in [0.4, 0.5) is 5.69 Å². The number of aromatic nitrogens is 2. The van der Waals surface area contributed by atoms with E-state index in [4.69, 9.17) is 4.74 Å². The number of hydrogen-bond acceptors (Lipinski definition) is 6. The van der Waals surface area contributed by atoms with Crippen molar-refractivity contribution in [2.24, 2.45) is 0 Å². The third kappa shape index (κ3) is 2.48. The molecule has 0 aliphatic heterocycles. The monoisotopic (exact) mass is 303 g/mol. The predicted octanol–water partition coefficient (Wildman–Crippen LogP) is 3.12. The minimum Gasteiger partial charge on any atom is -0.407 e. The number of thiazole rings is 1. The first-order chi connectivity index (χ1) is 10.0. The van der Waals surface area contributed by atoms with Crippen LogP contribution in [0.3, 0.4) is 0 Å². The maximum Gasteiger partial charge on any atom is 0.309 e. The van der Waals surface area contributed by atoms with Crippen molar-refractivity contribution in [3.63, 3.8) is 0 Å². The van der Waals surface area contributed by atoms with Crippen molar-refractivity contribution in [1.82, 2.24) is 9.97 Å². The van der Waals surface area contributed by atoms with Crippen LogP contribution in [0.25, 0.3) is 21.6 Å². The summed E-state index contributed by atoms with van der Waals surface area (Å²) in [7, 11) is 0. The summed E-state index contributed by atoms with van der Waals surface area (Å²) < 4.78 is 4.89. The summed E-state index contributed by atoms with van der Waals surface area (Å²) in [5, 5.41) is 13.9. The highest BCUT2D eigenvalue weighted by molar-refractivity contribution is 7.13. The average Bonchev–Trinajstić information content (AvgIpc) is 3.02. The third-order valence-electron chi connectivity index (χ3n) is 2.79. The molecule has 2 heterocycles. The van der Waals surface area contributed by atoms with E-state index in [1.54, 1.807) is 23.6 Å². The van der Waals surface area contributed by atoms with E-state index in [0.717, 1.165) is 5.39 Å². The lowest BCUT2D eigenvalue weighted by Crippen LogP contribution is -2.01. The van der Waals surface area contributed by atoms with Gasteiger partial charge in [0.1, 0.15) is 10.5 Å². The highest BCUT2D eigenvalue weighted by Gasteiger charge is 2.16. The quantitative estimate of drug-likeness (QED) is 0.455. The number of esters is 1. The van der Waals surface area contributed by atoms with E-state index in [1.165, 1.54) is 24.3 Å². The first-order valence-electron chi connectivity index (χ1n) is 5.95. The molecule has 106 valence electrons. The lowest BCUT2D eigenvalue weighted by Gasteiger charge is -1.93. The number of fused-ring (bicyclic) bond motifs is 1. The largest absolute Gasteiger partial charge is 0.407 e. The second kappa shape index (κ2) is 4.98. The predicted molar refractivity (Wildman–Crippen MR) is 77.4 cm³/mol. The van der Waals surface area contributed by atoms with E-state index in [1.807, 2.05) is 0 Å². The van der Waals surface area contributed by atoms with E-state index in [0.29, 0.717) is 16.2 Å². The van der Waals surface area contributed by atoms with Crippen molar-refractivity contribution in [3.05, 3.63) is 39.8 Å². The number of carbonyl (C=O) groups excluding carboxylic acids is 1. The van der Waals surface area contributed by atoms with Crippen LogP contribution in [-0.4, -0.2) is 20.9 Å². The Labute approximate surface area is 122 Å². The maximum atomic E-state index is 11.0. The molecular weight excluding hydrogens is 294 g/mol. The molecule has 0 aliphatic rings. The third-order valence-corrected chi connectivity index (χ3v) is 3.65. The fraction of sp³-hybridized carbons (Fsp3) is 0.0769. The van der Waals surface area contributed by atoms with Crippen LogP contribution in [0.2, 0.25) is 0 Å². The second-order valence-electron chi connectivity index (χ2n) is 4.27. The zero-order valence-corrected chi connectivity index (χ0v) is 11.6. The number of hydrogen-bond donors (Lipinski definition) is 1. The van der Waals surface area contributed by atoms with Crippen LogP contribution in [0, 0.1) is 10.1 Å². The van der Waals surface area contributed by atoms with E-state index < -0.39 is 10.9 Å². The van der Waals surface area contributed by atoms with Gasteiger partial charge in [0.15, 0.2) is 0 Å². The molecule has 1 N–H and O–H groups in total. The molecule has 0 saturated carbocycles. The summed E-state index contributed by atoms with van der Waals surface area (Å²) in [6.45, 7) is 1.30. The molecule has 0 atom stereocenters. The van der Waals surface area contributed by atoms with Crippen molar-refractivity contribution < 1.29 is 14.5 Å². The van der Waals surface area contributed by atoms with Gasteiger partial charge in [-0.3, -0.25) is 14.9 Å². The Morgan fingerprint density at radius 1 is 1.48 bits per heavy atom. The molecule has 3 aromatic rings. The van der Waals surface area contributed by atoms with Gasteiger partial charge in [-0.25, -0.2) is 0 Å². The zero-order chi connectivity index (χ0) is 15.0. The summed E-state index contributed by atoms with van der Waals surface area (Å²) in [5.41, 5.74) is 1.10. The van der Waals surface area contributed by atoms with Crippen LogP contribution < -0.4 is 4.74 Å². The van der Waals surface area contributed by atoms with Gasteiger partial charge in [0.2, 0.25) is 5.88 Å². The smallest absolute Gasteiger partial charge is 0.309 e. The summed E-state index contributed by atoms with van der Waals surface area (Å²) in [4.78, 5) is 28.6. The maximum absolute atomic E-state index is 11.0. The van der Waals surface area contributed by atoms with E-state index >= 15 is 0 Å². The highest BCUT2D eigenvalue weighted by Crippen LogP contribution is 2.32. The molecule has 0 unspecified atom stereocenters. The van der Waals surface area contributed by atoms with E-state index in [9.17, 15) is 14.9 Å². The topological polar surface area (TPSA) is 98.1 Å². The van der Waals surface area contributed by atoms with Gasteiger partial charge in [0.25, 0.3) is 5.69 Å². The van der Waals surface area contributed by atoms with Crippen LogP contribution in [-0.2, 0) is 4.79 Å². The second-order valence-corrected chi connectivity index (χ2v) is 5.12. The number of para-hydroxylation sites is 1. The Morgan fingerprint density at radius 3 is 3.00 bits per heavy atom. The minimum atomic E-state index is -0.445. The first-order valence-corrected chi connectivity index (χ1v) is 6.83. The van der Waals surface area contributed by atoms with Crippen molar-refractivity contribution in [3.8, 4) is 16.6 Å². The number of nitrogens with zero attached hydrogens (tertiary/aromatic N) is 2. The van der Waals surface area contributed by atoms with E-state index in [-0.39, 0.29) is 11.6 Å². The zero-order valence-electron chi connectivity index (χ0n) is 10.8. The van der Waals surface area contributed by atoms with Gasteiger partial charge in [-0.1, -0.05) is 12.1 Å².